The highest BCUT2D eigenvalue weighted by Gasteiger charge is 2.43. The van der Waals surface area contributed by atoms with Gasteiger partial charge in [0.2, 0.25) is 5.16 Å². The number of carbonyl (C=O) groups excluding carboxylic acids is 2. The first-order valence-corrected chi connectivity index (χ1v) is 10.7. The van der Waals surface area contributed by atoms with Gasteiger partial charge in [-0.15, -0.1) is 5.10 Å². The lowest BCUT2D eigenvalue weighted by Gasteiger charge is -2.14. The summed E-state index contributed by atoms with van der Waals surface area (Å²) in [4.78, 5) is 24.3. The van der Waals surface area contributed by atoms with Crippen LogP contribution in [0.25, 0.3) is 5.69 Å². The van der Waals surface area contributed by atoms with E-state index >= 15 is 0 Å². The highest BCUT2D eigenvalue weighted by Crippen LogP contribution is 2.37. The van der Waals surface area contributed by atoms with Crippen molar-refractivity contribution < 1.29 is 18.0 Å². The summed E-state index contributed by atoms with van der Waals surface area (Å²) in [6.45, 7) is 1.29. The summed E-state index contributed by atoms with van der Waals surface area (Å²) < 4.78 is 27.8. The Kier molecular flexibility index (Phi) is 4.59. The van der Waals surface area contributed by atoms with Gasteiger partial charge in [0.25, 0.3) is 15.9 Å². The minimum absolute atomic E-state index is 0.106. The number of tetrazole rings is 1. The summed E-state index contributed by atoms with van der Waals surface area (Å²) in [5.74, 6) is -1.39. The summed E-state index contributed by atoms with van der Waals surface area (Å²) in [6, 6.07) is 11.6. The van der Waals surface area contributed by atoms with Gasteiger partial charge in [-0.3, -0.25) is 9.59 Å². The number of para-hydroxylation sites is 1. The zero-order valence-corrected chi connectivity index (χ0v) is 16.6. The van der Waals surface area contributed by atoms with E-state index in [1.807, 2.05) is 18.2 Å². The molecule has 0 atom stereocenters. The molecule has 29 heavy (non-hydrogen) atoms. The number of benzene rings is 2. The molecular weight excluding hydrogens is 416 g/mol. The Morgan fingerprint density at radius 3 is 2.59 bits per heavy atom. The largest absolute Gasteiger partial charge is 0.397 e. The first-order valence-electron chi connectivity index (χ1n) is 8.29. The minimum Gasteiger partial charge on any atom is -0.397 e. The number of fused-ring (bicyclic) bond motifs is 1. The second-order valence-electron chi connectivity index (χ2n) is 6.10. The zero-order chi connectivity index (χ0) is 20.8. The van der Waals surface area contributed by atoms with Crippen LogP contribution in [0.5, 0.6) is 0 Å². The summed E-state index contributed by atoms with van der Waals surface area (Å²) >= 11 is 0.984. The average Bonchev–Trinajstić information content (AvgIpc) is 3.23. The molecule has 0 saturated carbocycles. The number of nitrogens with zero attached hydrogens (tertiary/aromatic N) is 5. The number of carbonyl (C=O) groups is 2. The third kappa shape index (κ3) is 3.06. The molecule has 3 aromatic rings. The zero-order valence-electron chi connectivity index (χ0n) is 15.0. The molecule has 0 aliphatic carbocycles. The fourth-order valence-corrected chi connectivity index (χ4v) is 5.60. The lowest BCUT2D eigenvalue weighted by atomic mass is 10.0. The molecule has 0 spiro atoms. The highest BCUT2D eigenvalue weighted by atomic mass is 32.2. The van der Waals surface area contributed by atoms with Crippen LogP contribution in [-0.2, 0) is 10.0 Å². The Morgan fingerprint density at radius 1 is 1.17 bits per heavy atom. The molecule has 2 heterocycles. The molecule has 2 aromatic carbocycles. The van der Waals surface area contributed by atoms with Crippen molar-refractivity contribution in [2.24, 2.45) is 0 Å². The quantitative estimate of drug-likeness (QED) is 0.360. The highest BCUT2D eigenvalue weighted by molar-refractivity contribution is 8.00. The van der Waals surface area contributed by atoms with E-state index in [2.05, 4.69) is 15.5 Å². The number of hydrogen-bond donors (Lipinski definition) is 1. The van der Waals surface area contributed by atoms with Crippen LogP contribution in [0, 0.1) is 0 Å². The van der Waals surface area contributed by atoms with Crippen LogP contribution in [0.2, 0.25) is 0 Å². The van der Waals surface area contributed by atoms with E-state index in [1.54, 1.807) is 12.1 Å². The number of anilines is 1. The van der Waals surface area contributed by atoms with E-state index in [9.17, 15) is 18.0 Å². The van der Waals surface area contributed by atoms with E-state index in [1.165, 1.54) is 23.7 Å². The van der Waals surface area contributed by atoms with Crippen molar-refractivity contribution in [1.82, 2.24) is 24.5 Å². The molecule has 10 nitrogen and oxygen atoms in total. The number of ketones is 1. The number of thioether (sulfide) groups is 1. The third-order valence-corrected chi connectivity index (χ3v) is 7.18. The Balaban J connectivity index is 1.65. The molecule has 1 amide bonds. The van der Waals surface area contributed by atoms with Gasteiger partial charge in [-0.05, 0) is 41.6 Å². The van der Waals surface area contributed by atoms with Crippen LogP contribution in [0.15, 0.2) is 52.5 Å². The SMILES string of the molecule is CC(=O)c1ccc2c(c1N)C(=O)N(CSc1nnnn1-c1ccccc1)S2(=O)=O. The van der Waals surface area contributed by atoms with Gasteiger partial charge in [0.15, 0.2) is 5.78 Å². The molecule has 0 unspecified atom stereocenters. The minimum atomic E-state index is -4.10. The number of nitrogen functional groups attached to an aromatic ring is 1. The monoisotopic (exact) mass is 430 g/mol. The van der Waals surface area contributed by atoms with Gasteiger partial charge < -0.3 is 5.73 Å². The summed E-state index contributed by atoms with van der Waals surface area (Å²) in [5.41, 5.74) is 6.41. The maximum Gasteiger partial charge on any atom is 0.271 e. The van der Waals surface area contributed by atoms with Crippen molar-refractivity contribution in [3.05, 3.63) is 53.6 Å². The number of hydrogen-bond acceptors (Lipinski definition) is 9. The van der Waals surface area contributed by atoms with Gasteiger partial charge in [-0.2, -0.15) is 4.68 Å². The van der Waals surface area contributed by atoms with Crippen molar-refractivity contribution in [3.8, 4) is 5.69 Å². The molecule has 12 heteroatoms. The molecule has 2 N–H and O–H groups in total. The van der Waals surface area contributed by atoms with Gasteiger partial charge in [0.05, 0.1) is 22.8 Å². The number of rotatable bonds is 5. The van der Waals surface area contributed by atoms with Crippen molar-refractivity contribution in [2.75, 3.05) is 11.6 Å². The molecule has 1 aliphatic rings. The number of amides is 1. The van der Waals surface area contributed by atoms with Gasteiger partial charge in [-0.25, -0.2) is 12.7 Å². The Labute approximate surface area is 169 Å². The summed E-state index contributed by atoms with van der Waals surface area (Å²) in [5, 5.41) is 11.7. The Bertz CT molecular complexity index is 1240. The van der Waals surface area contributed by atoms with Crippen LogP contribution in [-0.4, -0.2) is 50.5 Å². The van der Waals surface area contributed by atoms with Crippen LogP contribution >= 0.6 is 11.8 Å². The van der Waals surface area contributed by atoms with Gasteiger partial charge >= 0.3 is 0 Å². The van der Waals surface area contributed by atoms with E-state index in [0.717, 1.165) is 11.8 Å². The molecular formula is C17H14N6O4S2. The first kappa shape index (κ1) is 19.1. The van der Waals surface area contributed by atoms with E-state index in [-0.39, 0.29) is 33.4 Å². The van der Waals surface area contributed by atoms with Crippen molar-refractivity contribution >= 4 is 39.2 Å². The standard InChI is InChI=1S/C17H14N6O4S2/c1-10(24)12-7-8-13-14(15(12)18)16(25)22(29(13,26)27)9-28-17-19-20-21-23(17)11-5-3-2-4-6-11/h2-8H,9,18H2,1H3. The molecule has 1 aromatic heterocycles. The summed E-state index contributed by atoms with van der Waals surface area (Å²) in [7, 11) is -4.10. The van der Waals surface area contributed by atoms with Crippen LogP contribution in [0.3, 0.4) is 0 Å². The van der Waals surface area contributed by atoms with Gasteiger partial charge in [0.1, 0.15) is 4.90 Å². The molecule has 0 fully saturated rings. The molecule has 148 valence electrons. The molecule has 0 bridgehead atoms. The van der Waals surface area contributed by atoms with E-state index in [0.29, 0.717) is 15.1 Å². The average molecular weight is 430 g/mol. The van der Waals surface area contributed by atoms with Crippen LogP contribution in [0.1, 0.15) is 27.6 Å². The van der Waals surface area contributed by atoms with E-state index in [4.69, 9.17) is 5.73 Å². The molecule has 0 saturated heterocycles. The fraction of sp³-hybridized carbons (Fsp3) is 0.118. The van der Waals surface area contributed by atoms with Crippen molar-refractivity contribution in [2.45, 2.75) is 17.0 Å². The normalized spacial score (nSPS) is 14.8. The van der Waals surface area contributed by atoms with Gasteiger partial charge in [-0.1, -0.05) is 30.0 Å². The Hall–Kier alpha value is -3.25. The predicted octanol–water partition coefficient (Wildman–Crippen LogP) is 1.34. The Morgan fingerprint density at radius 2 is 1.90 bits per heavy atom. The molecule has 0 radical (unpaired) electrons. The molecule has 1 aliphatic heterocycles. The smallest absolute Gasteiger partial charge is 0.271 e. The predicted molar refractivity (Wildman–Crippen MR) is 104 cm³/mol. The van der Waals surface area contributed by atoms with Crippen LogP contribution < -0.4 is 5.73 Å². The maximum atomic E-state index is 12.8. The first-order chi connectivity index (χ1) is 13.8. The lowest BCUT2D eigenvalue weighted by Crippen LogP contribution is -2.30. The fourth-order valence-electron chi connectivity index (χ4n) is 2.94. The number of sulfonamides is 1. The second kappa shape index (κ2) is 6.97. The van der Waals surface area contributed by atoms with Crippen molar-refractivity contribution in [1.29, 1.82) is 0 Å². The number of aromatic nitrogens is 4. The third-order valence-electron chi connectivity index (χ3n) is 4.35. The second-order valence-corrected chi connectivity index (χ2v) is 8.84. The van der Waals surface area contributed by atoms with E-state index < -0.39 is 15.9 Å². The van der Waals surface area contributed by atoms with Crippen LogP contribution in [0.4, 0.5) is 5.69 Å². The number of Topliss-reactive ketones (excluding diaryl/α,β-unsaturated/α-hetero) is 1. The topological polar surface area (TPSA) is 141 Å². The van der Waals surface area contributed by atoms with Crippen molar-refractivity contribution in [3.63, 3.8) is 0 Å². The molecule has 4 rings (SSSR count). The number of nitrogens with two attached hydrogens (primary N) is 1. The summed E-state index contributed by atoms with van der Waals surface area (Å²) in [6.07, 6.45) is 0. The van der Waals surface area contributed by atoms with Gasteiger partial charge in [0, 0.05) is 5.56 Å². The lowest BCUT2D eigenvalue weighted by molar-refractivity contribution is 0.0888. The maximum absolute atomic E-state index is 12.8.